The Morgan fingerprint density at radius 1 is 1.44 bits per heavy atom. The number of rotatable bonds is 4. The SMILES string of the molecule is CCOC1CCN(c2ccc([C@H](C)O)cn2)CC1. The van der Waals surface area contributed by atoms with Gasteiger partial charge in [-0.3, -0.25) is 0 Å². The molecule has 1 saturated heterocycles. The Labute approximate surface area is 109 Å². The molecule has 1 aliphatic heterocycles. The van der Waals surface area contributed by atoms with Crippen LogP contribution in [0.1, 0.15) is 38.4 Å². The summed E-state index contributed by atoms with van der Waals surface area (Å²) in [5.74, 6) is 0.995. The Bertz CT molecular complexity index is 357. The molecule has 0 unspecified atom stereocenters. The van der Waals surface area contributed by atoms with E-state index >= 15 is 0 Å². The summed E-state index contributed by atoms with van der Waals surface area (Å²) < 4.78 is 5.64. The quantitative estimate of drug-likeness (QED) is 0.889. The molecule has 2 rings (SSSR count). The maximum atomic E-state index is 9.45. The summed E-state index contributed by atoms with van der Waals surface area (Å²) in [6, 6.07) is 3.94. The molecule has 1 aromatic rings. The average Bonchev–Trinajstić information content (AvgIpc) is 2.40. The second-order valence-electron chi connectivity index (χ2n) is 4.77. The molecule has 4 heteroatoms. The van der Waals surface area contributed by atoms with Gasteiger partial charge in [-0.1, -0.05) is 6.07 Å². The van der Waals surface area contributed by atoms with E-state index in [0.717, 1.165) is 43.9 Å². The molecule has 0 saturated carbocycles. The van der Waals surface area contributed by atoms with E-state index in [0.29, 0.717) is 6.10 Å². The van der Waals surface area contributed by atoms with Gasteiger partial charge in [-0.15, -0.1) is 0 Å². The maximum absolute atomic E-state index is 9.45. The van der Waals surface area contributed by atoms with Crippen LogP contribution in [0.25, 0.3) is 0 Å². The molecule has 18 heavy (non-hydrogen) atoms. The maximum Gasteiger partial charge on any atom is 0.128 e. The van der Waals surface area contributed by atoms with E-state index in [-0.39, 0.29) is 0 Å². The number of ether oxygens (including phenoxy) is 1. The minimum Gasteiger partial charge on any atom is -0.389 e. The van der Waals surface area contributed by atoms with Crippen molar-refractivity contribution in [1.29, 1.82) is 0 Å². The zero-order valence-corrected chi connectivity index (χ0v) is 11.2. The van der Waals surface area contributed by atoms with Crippen LogP contribution in [-0.4, -0.2) is 35.9 Å². The van der Waals surface area contributed by atoms with E-state index < -0.39 is 6.10 Å². The minimum atomic E-state index is -0.449. The largest absolute Gasteiger partial charge is 0.389 e. The number of nitrogens with zero attached hydrogens (tertiary/aromatic N) is 2. The molecule has 1 aromatic heterocycles. The normalized spacial score (nSPS) is 18.9. The van der Waals surface area contributed by atoms with Crippen molar-refractivity contribution < 1.29 is 9.84 Å². The Morgan fingerprint density at radius 3 is 2.67 bits per heavy atom. The van der Waals surface area contributed by atoms with E-state index in [4.69, 9.17) is 4.74 Å². The van der Waals surface area contributed by atoms with Gasteiger partial charge < -0.3 is 14.7 Å². The lowest BCUT2D eigenvalue weighted by atomic mass is 10.1. The first-order chi connectivity index (χ1) is 8.70. The molecule has 0 aliphatic carbocycles. The molecule has 0 bridgehead atoms. The van der Waals surface area contributed by atoms with Crippen molar-refractivity contribution in [2.45, 2.75) is 38.9 Å². The van der Waals surface area contributed by atoms with Crippen molar-refractivity contribution in [2.24, 2.45) is 0 Å². The van der Waals surface area contributed by atoms with Crippen LogP contribution in [0.4, 0.5) is 5.82 Å². The fourth-order valence-electron chi connectivity index (χ4n) is 2.32. The third-order valence-electron chi connectivity index (χ3n) is 3.42. The highest BCUT2D eigenvalue weighted by Gasteiger charge is 2.20. The molecule has 0 amide bonds. The lowest BCUT2D eigenvalue weighted by Gasteiger charge is -2.32. The van der Waals surface area contributed by atoms with Gasteiger partial charge in [-0.25, -0.2) is 4.98 Å². The zero-order valence-electron chi connectivity index (χ0n) is 11.2. The highest BCUT2D eigenvalue weighted by Crippen LogP contribution is 2.21. The number of piperidine rings is 1. The van der Waals surface area contributed by atoms with Crippen LogP contribution >= 0.6 is 0 Å². The number of hydrogen-bond acceptors (Lipinski definition) is 4. The molecule has 0 radical (unpaired) electrons. The third kappa shape index (κ3) is 3.21. The van der Waals surface area contributed by atoms with E-state index in [1.165, 1.54) is 0 Å². The Morgan fingerprint density at radius 2 is 2.17 bits per heavy atom. The van der Waals surface area contributed by atoms with E-state index in [1.807, 2.05) is 19.1 Å². The van der Waals surface area contributed by atoms with E-state index in [2.05, 4.69) is 9.88 Å². The number of aromatic nitrogens is 1. The first-order valence-electron chi connectivity index (χ1n) is 6.71. The second kappa shape index (κ2) is 6.16. The Kier molecular flexibility index (Phi) is 4.55. The number of aliphatic hydroxyl groups is 1. The van der Waals surface area contributed by atoms with Crippen LogP contribution in [0.2, 0.25) is 0 Å². The predicted molar refractivity (Wildman–Crippen MR) is 71.7 cm³/mol. The van der Waals surface area contributed by atoms with Crippen LogP contribution in [0.15, 0.2) is 18.3 Å². The van der Waals surface area contributed by atoms with Gasteiger partial charge in [0.25, 0.3) is 0 Å². The van der Waals surface area contributed by atoms with Gasteiger partial charge >= 0.3 is 0 Å². The highest BCUT2D eigenvalue weighted by atomic mass is 16.5. The number of hydrogen-bond donors (Lipinski definition) is 1. The van der Waals surface area contributed by atoms with Gasteiger partial charge in [0.15, 0.2) is 0 Å². The molecule has 1 atom stereocenters. The van der Waals surface area contributed by atoms with Crippen LogP contribution in [0, 0.1) is 0 Å². The first-order valence-corrected chi connectivity index (χ1v) is 6.71. The van der Waals surface area contributed by atoms with Crippen molar-refractivity contribution in [3.8, 4) is 0 Å². The molecule has 4 nitrogen and oxygen atoms in total. The van der Waals surface area contributed by atoms with Crippen LogP contribution in [0.3, 0.4) is 0 Å². The summed E-state index contributed by atoms with van der Waals surface area (Å²) in [7, 11) is 0. The molecule has 2 heterocycles. The predicted octanol–water partition coefficient (Wildman–Crippen LogP) is 2.14. The molecular weight excluding hydrogens is 228 g/mol. The van der Waals surface area contributed by atoms with Gasteiger partial charge in [0.2, 0.25) is 0 Å². The van der Waals surface area contributed by atoms with Gasteiger partial charge in [-0.2, -0.15) is 0 Å². The van der Waals surface area contributed by atoms with Gasteiger partial charge in [0.1, 0.15) is 5.82 Å². The second-order valence-corrected chi connectivity index (χ2v) is 4.77. The Balaban J connectivity index is 1.93. The van der Waals surface area contributed by atoms with Gasteiger partial charge in [0, 0.05) is 25.9 Å². The molecule has 0 spiro atoms. The third-order valence-corrected chi connectivity index (χ3v) is 3.42. The zero-order chi connectivity index (χ0) is 13.0. The van der Waals surface area contributed by atoms with Crippen molar-refractivity contribution in [1.82, 2.24) is 4.98 Å². The molecule has 1 fully saturated rings. The van der Waals surface area contributed by atoms with Crippen molar-refractivity contribution in [3.05, 3.63) is 23.9 Å². The van der Waals surface area contributed by atoms with E-state index in [9.17, 15) is 5.11 Å². The summed E-state index contributed by atoms with van der Waals surface area (Å²) in [5, 5.41) is 9.45. The molecule has 100 valence electrons. The number of pyridine rings is 1. The lowest BCUT2D eigenvalue weighted by Crippen LogP contribution is -2.37. The standard InChI is InChI=1S/C14H22N2O2/c1-3-18-13-6-8-16(9-7-13)14-5-4-12(10-15-14)11(2)17/h4-5,10-11,13,17H,3,6-9H2,1-2H3/t11-/m0/s1. The fraction of sp³-hybridized carbons (Fsp3) is 0.643. The van der Waals surface area contributed by atoms with Gasteiger partial charge in [0.05, 0.1) is 12.2 Å². The number of aliphatic hydroxyl groups excluding tert-OH is 1. The Hall–Kier alpha value is -1.13. The van der Waals surface area contributed by atoms with Gasteiger partial charge in [-0.05, 0) is 38.3 Å². The van der Waals surface area contributed by atoms with Crippen molar-refractivity contribution in [3.63, 3.8) is 0 Å². The average molecular weight is 250 g/mol. The minimum absolute atomic E-state index is 0.406. The summed E-state index contributed by atoms with van der Waals surface area (Å²) >= 11 is 0. The number of anilines is 1. The van der Waals surface area contributed by atoms with Crippen molar-refractivity contribution >= 4 is 5.82 Å². The van der Waals surface area contributed by atoms with Crippen LogP contribution in [0.5, 0.6) is 0 Å². The molecule has 1 N–H and O–H groups in total. The summed E-state index contributed by atoms with van der Waals surface area (Å²) in [6.07, 6.45) is 3.84. The molecule has 0 aromatic carbocycles. The van der Waals surface area contributed by atoms with E-state index in [1.54, 1.807) is 13.1 Å². The highest BCUT2D eigenvalue weighted by molar-refractivity contribution is 5.40. The van der Waals surface area contributed by atoms with Crippen LogP contribution in [-0.2, 0) is 4.74 Å². The smallest absolute Gasteiger partial charge is 0.128 e. The van der Waals surface area contributed by atoms with Crippen LogP contribution < -0.4 is 4.90 Å². The summed E-state index contributed by atoms with van der Waals surface area (Å²) in [5.41, 5.74) is 0.864. The molecular formula is C14H22N2O2. The summed E-state index contributed by atoms with van der Waals surface area (Å²) in [6.45, 7) is 6.58. The van der Waals surface area contributed by atoms with Crippen molar-refractivity contribution in [2.75, 3.05) is 24.6 Å². The topological polar surface area (TPSA) is 45.6 Å². The molecule has 1 aliphatic rings. The lowest BCUT2D eigenvalue weighted by molar-refractivity contribution is 0.0458. The fourth-order valence-corrected chi connectivity index (χ4v) is 2.32. The first kappa shape index (κ1) is 13.3. The monoisotopic (exact) mass is 250 g/mol. The summed E-state index contributed by atoms with van der Waals surface area (Å²) in [4.78, 5) is 6.70.